The largest absolute Gasteiger partial charge is 0.289 e. The molecule has 2 atom stereocenters. The second-order valence-electron chi connectivity index (χ2n) is 7.65. The Morgan fingerprint density at radius 1 is 0.920 bits per heavy atom. The van der Waals surface area contributed by atoms with Crippen molar-refractivity contribution < 1.29 is 0 Å². The van der Waals surface area contributed by atoms with E-state index in [2.05, 4.69) is 72.5 Å². The van der Waals surface area contributed by atoms with Crippen molar-refractivity contribution in [3.05, 3.63) is 77.4 Å². The first-order valence-electron chi connectivity index (χ1n) is 9.93. The van der Waals surface area contributed by atoms with Crippen molar-refractivity contribution in [2.45, 2.75) is 64.1 Å². The average molecular weight is 332 g/mol. The van der Waals surface area contributed by atoms with Crippen molar-refractivity contribution in [1.82, 2.24) is 4.90 Å². The molecular formula is C24H29N. The third-order valence-corrected chi connectivity index (χ3v) is 5.85. The molecule has 1 saturated heterocycles. The summed E-state index contributed by atoms with van der Waals surface area (Å²) in [7, 11) is 0. The maximum absolute atomic E-state index is 2.74. The Morgan fingerprint density at radius 2 is 1.72 bits per heavy atom. The average Bonchev–Trinajstić information content (AvgIpc) is 2.63. The van der Waals surface area contributed by atoms with Crippen molar-refractivity contribution in [1.29, 1.82) is 0 Å². The van der Waals surface area contributed by atoms with E-state index in [0.29, 0.717) is 12.1 Å². The molecule has 2 aliphatic rings. The number of aryl methyl sites for hydroxylation is 1. The van der Waals surface area contributed by atoms with Crippen LogP contribution in [0.15, 0.2) is 60.7 Å². The smallest absolute Gasteiger partial charge is 0.0290 e. The molecular weight excluding hydrogens is 302 g/mol. The second-order valence-corrected chi connectivity index (χ2v) is 7.65. The molecule has 2 aromatic carbocycles. The van der Waals surface area contributed by atoms with Gasteiger partial charge in [0, 0.05) is 18.6 Å². The van der Waals surface area contributed by atoms with Gasteiger partial charge in [-0.1, -0.05) is 80.4 Å². The van der Waals surface area contributed by atoms with Crippen LogP contribution in [0.1, 0.15) is 55.7 Å². The summed E-state index contributed by atoms with van der Waals surface area (Å²) in [6.45, 7) is 3.34. The van der Waals surface area contributed by atoms with Crippen molar-refractivity contribution in [3.8, 4) is 0 Å². The zero-order valence-electron chi connectivity index (χ0n) is 15.3. The van der Waals surface area contributed by atoms with Gasteiger partial charge in [0.15, 0.2) is 0 Å². The van der Waals surface area contributed by atoms with Crippen LogP contribution < -0.4 is 0 Å². The van der Waals surface area contributed by atoms with E-state index in [0.717, 1.165) is 6.54 Å². The van der Waals surface area contributed by atoms with Crippen molar-refractivity contribution in [3.63, 3.8) is 0 Å². The molecule has 1 heteroatoms. The van der Waals surface area contributed by atoms with Crippen LogP contribution in [-0.2, 0) is 13.0 Å². The number of rotatable bonds is 5. The minimum Gasteiger partial charge on any atom is -0.289 e. The molecule has 2 aliphatic heterocycles. The molecule has 0 N–H and O–H groups in total. The SMILES string of the molecule is CCCc1ccc(C2=CC3CCCC(C2)N3Cc2ccccc2)cc1. The molecule has 2 bridgehead atoms. The van der Waals surface area contributed by atoms with Gasteiger partial charge in [0.05, 0.1) is 0 Å². The normalized spacial score (nSPS) is 23.3. The Hall–Kier alpha value is -1.86. The van der Waals surface area contributed by atoms with Crippen LogP contribution in [0.3, 0.4) is 0 Å². The number of piperidine rings is 1. The van der Waals surface area contributed by atoms with E-state index < -0.39 is 0 Å². The minimum atomic E-state index is 0.609. The first kappa shape index (κ1) is 16.6. The van der Waals surface area contributed by atoms with Gasteiger partial charge >= 0.3 is 0 Å². The van der Waals surface area contributed by atoms with Gasteiger partial charge in [-0.25, -0.2) is 0 Å². The summed E-state index contributed by atoms with van der Waals surface area (Å²) in [5.41, 5.74) is 5.92. The van der Waals surface area contributed by atoms with Crippen molar-refractivity contribution >= 4 is 5.57 Å². The zero-order chi connectivity index (χ0) is 17.1. The third kappa shape index (κ3) is 3.72. The van der Waals surface area contributed by atoms with E-state index in [1.807, 2.05) is 0 Å². The summed E-state index contributed by atoms with van der Waals surface area (Å²) in [5.74, 6) is 0. The summed E-state index contributed by atoms with van der Waals surface area (Å²) in [6.07, 6.45) is 10.2. The molecule has 1 fully saturated rings. The van der Waals surface area contributed by atoms with E-state index in [9.17, 15) is 0 Å². The molecule has 25 heavy (non-hydrogen) atoms. The fourth-order valence-corrected chi connectivity index (χ4v) is 4.55. The zero-order valence-corrected chi connectivity index (χ0v) is 15.3. The number of fused-ring (bicyclic) bond motifs is 2. The van der Waals surface area contributed by atoms with Crippen molar-refractivity contribution in [2.75, 3.05) is 0 Å². The number of benzene rings is 2. The number of nitrogens with zero attached hydrogens (tertiary/aromatic N) is 1. The first-order valence-corrected chi connectivity index (χ1v) is 9.93. The third-order valence-electron chi connectivity index (χ3n) is 5.85. The van der Waals surface area contributed by atoms with Gasteiger partial charge in [-0.3, -0.25) is 4.90 Å². The lowest BCUT2D eigenvalue weighted by Crippen LogP contribution is -2.47. The van der Waals surface area contributed by atoms with Crippen LogP contribution in [0.4, 0.5) is 0 Å². The summed E-state index contributed by atoms with van der Waals surface area (Å²) in [5, 5.41) is 0. The lowest BCUT2D eigenvalue weighted by molar-refractivity contribution is 0.0951. The fraction of sp³-hybridized carbons (Fsp3) is 0.417. The summed E-state index contributed by atoms with van der Waals surface area (Å²) in [4.78, 5) is 2.74. The molecule has 0 radical (unpaired) electrons. The van der Waals surface area contributed by atoms with Crippen molar-refractivity contribution in [2.24, 2.45) is 0 Å². The summed E-state index contributed by atoms with van der Waals surface area (Å²) < 4.78 is 0. The molecule has 0 amide bonds. The van der Waals surface area contributed by atoms with Gasteiger partial charge in [-0.15, -0.1) is 0 Å². The molecule has 0 aliphatic carbocycles. The molecule has 0 spiro atoms. The van der Waals surface area contributed by atoms with E-state index in [1.165, 1.54) is 55.2 Å². The maximum atomic E-state index is 2.74. The lowest BCUT2D eigenvalue weighted by atomic mass is 9.82. The van der Waals surface area contributed by atoms with E-state index in [1.54, 1.807) is 5.57 Å². The van der Waals surface area contributed by atoms with Crippen LogP contribution >= 0.6 is 0 Å². The Morgan fingerprint density at radius 3 is 2.44 bits per heavy atom. The van der Waals surface area contributed by atoms with Gasteiger partial charge in [0.2, 0.25) is 0 Å². The van der Waals surface area contributed by atoms with Crippen LogP contribution in [0, 0.1) is 0 Å². The Labute approximate surface area is 152 Å². The summed E-state index contributed by atoms with van der Waals surface area (Å²) >= 11 is 0. The Bertz CT molecular complexity index is 714. The monoisotopic (exact) mass is 331 g/mol. The Kier molecular flexibility index (Phi) is 5.03. The predicted molar refractivity (Wildman–Crippen MR) is 106 cm³/mol. The van der Waals surface area contributed by atoms with Gasteiger partial charge in [0.25, 0.3) is 0 Å². The Balaban J connectivity index is 1.54. The molecule has 2 heterocycles. The van der Waals surface area contributed by atoms with Crippen LogP contribution in [-0.4, -0.2) is 17.0 Å². The van der Waals surface area contributed by atoms with Gasteiger partial charge in [-0.2, -0.15) is 0 Å². The van der Waals surface area contributed by atoms with Gasteiger partial charge < -0.3 is 0 Å². The van der Waals surface area contributed by atoms with E-state index in [4.69, 9.17) is 0 Å². The lowest BCUT2D eigenvalue weighted by Gasteiger charge is -2.45. The quantitative estimate of drug-likeness (QED) is 0.664. The molecule has 2 aromatic rings. The molecule has 4 rings (SSSR count). The minimum absolute atomic E-state index is 0.609. The van der Waals surface area contributed by atoms with Crippen LogP contribution in [0.5, 0.6) is 0 Å². The molecule has 130 valence electrons. The predicted octanol–water partition coefficient (Wildman–Crippen LogP) is 5.85. The van der Waals surface area contributed by atoms with Gasteiger partial charge in [0.1, 0.15) is 0 Å². The summed E-state index contributed by atoms with van der Waals surface area (Å²) in [6, 6.07) is 21.6. The molecule has 0 aromatic heterocycles. The highest BCUT2D eigenvalue weighted by molar-refractivity contribution is 5.68. The van der Waals surface area contributed by atoms with Crippen LogP contribution in [0.25, 0.3) is 5.57 Å². The first-order chi connectivity index (χ1) is 12.3. The maximum Gasteiger partial charge on any atom is 0.0290 e. The second kappa shape index (κ2) is 7.58. The van der Waals surface area contributed by atoms with Crippen LogP contribution in [0.2, 0.25) is 0 Å². The molecule has 2 unspecified atom stereocenters. The van der Waals surface area contributed by atoms with E-state index in [-0.39, 0.29) is 0 Å². The number of hydrogen-bond acceptors (Lipinski definition) is 1. The highest BCUT2D eigenvalue weighted by Gasteiger charge is 2.33. The highest BCUT2D eigenvalue weighted by atomic mass is 15.2. The number of hydrogen-bond donors (Lipinski definition) is 0. The standard InChI is InChI=1S/C24H29N/c1-2-7-19-12-14-21(15-13-19)22-16-23-10-6-11-24(17-22)25(23)18-20-8-4-3-5-9-20/h3-5,8-9,12-16,23-24H,2,6-7,10-11,17-18H2,1H3. The highest BCUT2D eigenvalue weighted by Crippen LogP contribution is 2.38. The fourth-order valence-electron chi connectivity index (χ4n) is 4.55. The molecule has 1 nitrogen and oxygen atoms in total. The molecule has 0 saturated carbocycles. The van der Waals surface area contributed by atoms with Gasteiger partial charge in [-0.05, 0) is 47.9 Å². The topological polar surface area (TPSA) is 3.24 Å². The van der Waals surface area contributed by atoms with E-state index >= 15 is 0 Å².